The van der Waals surface area contributed by atoms with Crippen LogP contribution in [0.4, 0.5) is 0 Å². The number of fused-ring (bicyclic) bond motifs is 1. The van der Waals surface area contributed by atoms with Crippen LogP contribution in [0.5, 0.6) is 17.2 Å². The minimum absolute atomic E-state index is 0.0805. The van der Waals surface area contributed by atoms with Crippen molar-refractivity contribution in [2.24, 2.45) is 0 Å². The number of phenolic OH excluding ortho intramolecular Hbond substituents is 1. The first-order valence-corrected chi connectivity index (χ1v) is 9.65. The molecule has 0 radical (unpaired) electrons. The van der Waals surface area contributed by atoms with E-state index in [1.165, 1.54) is 25.6 Å². The lowest BCUT2D eigenvalue weighted by Crippen LogP contribution is -2.22. The van der Waals surface area contributed by atoms with E-state index in [0.29, 0.717) is 15.1 Å². The molecule has 4 aromatic rings. The average molecular weight is 409 g/mol. The Balaban J connectivity index is 1.82. The molecule has 7 nitrogen and oxygen atoms in total. The predicted molar refractivity (Wildman–Crippen MR) is 112 cm³/mol. The lowest BCUT2D eigenvalue weighted by Gasteiger charge is -2.09. The molecular formula is C21H19N3O4S. The molecule has 29 heavy (non-hydrogen) atoms. The zero-order chi connectivity index (χ0) is 20.7. The van der Waals surface area contributed by atoms with Crippen LogP contribution in [0.25, 0.3) is 22.3 Å². The molecule has 0 bridgehead atoms. The first kappa shape index (κ1) is 18.9. The third-order valence-electron chi connectivity index (χ3n) is 4.48. The molecule has 4 rings (SSSR count). The van der Waals surface area contributed by atoms with Crippen molar-refractivity contribution >= 4 is 22.4 Å². The molecule has 0 aliphatic rings. The van der Waals surface area contributed by atoms with Gasteiger partial charge in [-0.25, -0.2) is 4.98 Å². The lowest BCUT2D eigenvalue weighted by molar-refractivity contribution is 0.340. The Morgan fingerprint density at radius 2 is 1.66 bits per heavy atom. The molecule has 0 fully saturated rings. The third kappa shape index (κ3) is 3.42. The van der Waals surface area contributed by atoms with E-state index in [4.69, 9.17) is 9.47 Å². The number of pyridine rings is 1. The van der Waals surface area contributed by atoms with Crippen molar-refractivity contribution in [1.29, 1.82) is 0 Å². The number of ether oxygens (including phenoxy) is 2. The Morgan fingerprint density at radius 3 is 2.21 bits per heavy atom. The van der Waals surface area contributed by atoms with Gasteiger partial charge in [0.25, 0.3) is 5.56 Å². The fourth-order valence-electron chi connectivity index (χ4n) is 3.20. The number of hydrogen-bond donors (Lipinski definition) is 1. The van der Waals surface area contributed by atoms with Gasteiger partial charge in [-0.1, -0.05) is 11.3 Å². The molecule has 1 aromatic carbocycles. The molecule has 3 aromatic heterocycles. The molecule has 0 spiro atoms. The summed E-state index contributed by atoms with van der Waals surface area (Å²) in [5, 5.41) is 10.1. The topological polar surface area (TPSA) is 86.0 Å². The van der Waals surface area contributed by atoms with Crippen LogP contribution in [-0.2, 0) is 0 Å². The number of aromatic hydroxyl groups is 1. The average Bonchev–Trinajstić information content (AvgIpc) is 3.22. The van der Waals surface area contributed by atoms with Crippen molar-refractivity contribution in [1.82, 2.24) is 14.4 Å². The van der Waals surface area contributed by atoms with E-state index in [2.05, 4.69) is 9.97 Å². The molecule has 0 saturated heterocycles. The second kappa shape index (κ2) is 7.21. The quantitative estimate of drug-likeness (QED) is 0.558. The highest BCUT2D eigenvalue weighted by molar-refractivity contribution is 7.15. The molecule has 0 unspecified atom stereocenters. The highest BCUT2D eigenvalue weighted by Gasteiger charge is 2.13. The van der Waals surface area contributed by atoms with Gasteiger partial charge in [0.05, 0.1) is 24.4 Å². The smallest absolute Gasteiger partial charge is 0.274 e. The van der Waals surface area contributed by atoms with Crippen LogP contribution >= 0.6 is 11.3 Å². The van der Waals surface area contributed by atoms with Gasteiger partial charge in [0, 0.05) is 23.1 Å². The number of thiazole rings is 1. The molecular weight excluding hydrogens is 390 g/mol. The number of hydrogen-bond acceptors (Lipinski definition) is 7. The summed E-state index contributed by atoms with van der Waals surface area (Å²) in [7, 11) is 2.92. The number of nitrogens with zero attached hydrogens (tertiary/aromatic N) is 3. The van der Waals surface area contributed by atoms with Gasteiger partial charge in [-0.05, 0) is 49.8 Å². The second-order valence-electron chi connectivity index (χ2n) is 6.61. The fourth-order valence-corrected chi connectivity index (χ4v) is 4.16. The van der Waals surface area contributed by atoms with Gasteiger partial charge in [-0.3, -0.25) is 14.2 Å². The van der Waals surface area contributed by atoms with Gasteiger partial charge >= 0.3 is 0 Å². The molecule has 1 N–H and O–H groups in total. The zero-order valence-electron chi connectivity index (χ0n) is 16.4. The maximum absolute atomic E-state index is 12.9. The minimum Gasteiger partial charge on any atom is -0.502 e. The summed E-state index contributed by atoms with van der Waals surface area (Å²) >= 11 is 1.30. The van der Waals surface area contributed by atoms with Crippen molar-refractivity contribution in [3.8, 4) is 28.5 Å². The number of aromatic nitrogens is 3. The maximum atomic E-state index is 12.9. The lowest BCUT2D eigenvalue weighted by atomic mass is 10.1. The van der Waals surface area contributed by atoms with E-state index in [1.807, 2.05) is 26.0 Å². The minimum atomic E-state index is -0.155. The summed E-state index contributed by atoms with van der Waals surface area (Å²) < 4.78 is 12.4. The van der Waals surface area contributed by atoms with E-state index >= 15 is 0 Å². The molecule has 0 amide bonds. The van der Waals surface area contributed by atoms with Crippen LogP contribution in [0.2, 0.25) is 0 Å². The number of imidazole rings is 1. The van der Waals surface area contributed by atoms with E-state index in [0.717, 1.165) is 22.6 Å². The first-order chi connectivity index (χ1) is 13.9. The number of methoxy groups -OCH3 is 2. The highest BCUT2D eigenvalue weighted by atomic mass is 32.1. The van der Waals surface area contributed by atoms with Gasteiger partial charge in [0.15, 0.2) is 16.5 Å². The Hall–Kier alpha value is -3.39. The normalized spacial score (nSPS) is 11.9. The predicted octanol–water partition coefficient (Wildman–Crippen LogP) is 2.71. The largest absolute Gasteiger partial charge is 0.502 e. The van der Waals surface area contributed by atoms with Crippen molar-refractivity contribution in [2.75, 3.05) is 14.2 Å². The van der Waals surface area contributed by atoms with Crippen LogP contribution in [0.3, 0.4) is 0 Å². The summed E-state index contributed by atoms with van der Waals surface area (Å²) in [6, 6.07) is 7.19. The summed E-state index contributed by atoms with van der Waals surface area (Å²) in [6.45, 7) is 3.86. The van der Waals surface area contributed by atoms with Crippen LogP contribution in [0.15, 0.2) is 35.3 Å². The summed E-state index contributed by atoms with van der Waals surface area (Å²) in [4.78, 5) is 22.5. The number of phenols is 1. The summed E-state index contributed by atoms with van der Waals surface area (Å²) in [5.41, 5.74) is 4.01. The van der Waals surface area contributed by atoms with Crippen molar-refractivity contribution in [2.45, 2.75) is 13.8 Å². The Labute approximate surface area is 170 Å². The SMILES string of the molecule is COc1cc(/C=c2\sc3nc(-c4cc(C)nc(C)c4)cn3c2=O)cc(OC)c1O. The fraction of sp³-hybridized carbons (Fsp3) is 0.190. The van der Waals surface area contributed by atoms with Gasteiger partial charge in [0.2, 0.25) is 5.75 Å². The van der Waals surface area contributed by atoms with Crippen molar-refractivity contribution in [3.63, 3.8) is 0 Å². The van der Waals surface area contributed by atoms with Crippen LogP contribution in [0, 0.1) is 13.8 Å². The van der Waals surface area contributed by atoms with E-state index < -0.39 is 0 Å². The third-order valence-corrected chi connectivity index (χ3v) is 5.46. The van der Waals surface area contributed by atoms with Gasteiger partial charge < -0.3 is 14.6 Å². The molecule has 3 heterocycles. The Kier molecular flexibility index (Phi) is 4.71. The Bertz CT molecular complexity index is 1290. The van der Waals surface area contributed by atoms with Gasteiger partial charge in [-0.2, -0.15) is 0 Å². The Morgan fingerprint density at radius 1 is 1.03 bits per heavy atom. The summed E-state index contributed by atoms with van der Waals surface area (Å²) in [5.74, 6) is 0.466. The standard InChI is InChI=1S/C21H19N3O4S/c1-11-5-14(6-12(2)22-11)15-10-24-20(26)18(29-21(24)23-15)9-13-7-16(27-3)19(25)17(8-13)28-4/h5-10,25H,1-4H3/b18-9-. The molecule has 0 aliphatic carbocycles. The molecule has 8 heteroatoms. The van der Waals surface area contributed by atoms with Gasteiger partial charge in [-0.15, -0.1) is 0 Å². The van der Waals surface area contributed by atoms with E-state index in [1.54, 1.807) is 28.8 Å². The van der Waals surface area contributed by atoms with E-state index in [9.17, 15) is 9.90 Å². The van der Waals surface area contributed by atoms with Crippen LogP contribution < -0.4 is 19.6 Å². The van der Waals surface area contributed by atoms with Crippen LogP contribution in [0.1, 0.15) is 17.0 Å². The summed E-state index contributed by atoms with van der Waals surface area (Å²) in [6.07, 6.45) is 3.48. The molecule has 0 saturated carbocycles. The van der Waals surface area contributed by atoms with Crippen LogP contribution in [-0.4, -0.2) is 33.7 Å². The number of rotatable bonds is 4. The molecule has 148 valence electrons. The maximum Gasteiger partial charge on any atom is 0.274 e. The molecule has 0 atom stereocenters. The first-order valence-electron chi connectivity index (χ1n) is 8.84. The number of aryl methyl sites for hydroxylation is 2. The van der Waals surface area contributed by atoms with Crippen molar-refractivity contribution in [3.05, 3.63) is 62.3 Å². The highest BCUT2D eigenvalue weighted by Crippen LogP contribution is 2.37. The monoisotopic (exact) mass is 409 g/mol. The van der Waals surface area contributed by atoms with Crippen molar-refractivity contribution < 1.29 is 14.6 Å². The zero-order valence-corrected chi connectivity index (χ0v) is 17.2. The van der Waals surface area contributed by atoms with E-state index in [-0.39, 0.29) is 22.8 Å². The number of benzene rings is 1. The van der Waals surface area contributed by atoms with Gasteiger partial charge in [0.1, 0.15) is 0 Å². The second-order valence-corrected chi connectivity index (χ2v) is 7.62. The molecule has 0 aliphatic heterocycles.